The van der Waals surface area contributed by atoms with Crippen molar-refractivity contribution >= 4 is 17.6 Å². The number of carbonyl (C=O) groups excluding carboxylic acids is 1. The van der Waals surface area contributed by atoms with Gasteiger partial charge < -0.3 is 15.1 Å². The minimum Gasteiger partial charge on any atom is -0.508 e. The van der Waals surface area contributed by atoms with E-state index in [2.05, 4.69) is 10.3 Å². The van der Waals surface area contributed by atoms with Gasteiger partial charge in [-0.2, -0.15) is 0 Å². The summed E-state index contributed by atoms with van der Waals surface area (Å²) in [6, 6.07) is 6.07. The molecule has 0 saturated carbocycles. The van der Waals surface area contributed by atoms with E-state index in [0.29, 0.717) is 5.69 Å². The van der Waals surface area contributed by atoms with Crippen LogP contribution in [0.5, 0.6) is 5.75 Å². The summed E-state index contributed by atoms with van der Waals surface area (Å²) in [4.78, 5) is 24.0. The Labute approximate surface area is 113 Å². The molecule has 0 radical (unpaired) electrons. The van der Waals surface area contributed by atoms with Crippen LogP contribution < -0.4 is 4.90 Å². The van der Waals surface area contributed by atoms with Crippen molar-refractivity contribution in [3.8, 4) is 5.75 Å². The first-order valence-corrected chi connectivity index (χ1v) is 5.66. The molecule has 0 aliphatic heterocycles. The second kappa shape index (κ2) is 5.39. The van der Waals surface area contributed by atoms with Gasteiger partial charge in [-0.1, -0.05) is 5.21 Å². The van der Waals surface area contributed by atoms with Crippen molar-refractivity contribution in [3.05, 3.63) is 36.2 Å². The van der Waals surface area contributed by atoms with Crippen LogP contribution in [0.1, 0.15) is 10.5 Å². The highest BCUT2D eigenvalue weighted by Crippen LogP contribution is 2.18. The van der Waals surface area contributed by atoms with E-state index in [4.69, 9.17) is 5.11 Å². The van der Waals surface area contributed by atoms with Gasteiger partial charge in [0.05, 0.1) is 6.20 Å². The van der Waals surface area contributed by atoms with Gasteiger partial charge in [-0.3, -0.25) is 9.59 Å². The highest BCUT2D eigenvalue weighted by molar-refractivity contribution is 6.04. The molecule has 8 nitrogen and oxygen atoms in total. The number of phenols is 1. The first-order chi connectivity index (χ1) is 9.47. The van der Waals surface area contributed by atoms with Crippen LogP contribution in [0.3, 0.4) is 0 Å². The smallest absolute Gasteiger partial charge is 0.325 e. The number of nitrogens with zero attached hydrogens (tertiary/aromatic N) is 4. The number of aliphatic carboxylic acids is 1. The number of hydrogen-bond donors (Lipinski definition) is 2. The number of amides is 1. The number of anilines is 1. The SMILES string of the molecule is CN(C(=O)c1cn(CC(=O)O)nn1)c1ccc(O)cc1. The summed E-state index contributed by atoms with van der Waals surface area (Å²) < 4.78 is 1.07. The molecule has 1 aromatic heterocycles. The Morgan fingerprint density at radius 3 is 2.55 bits per heavy atom. The molecule has 20 heavy (non-hydrogen) atoms. The Morgan fingerprint density at radius 1 is 1.30 bits per heavy atom. The Hall–Kier alpha value is -2.90. The minimum absolute atomic E-state index is 0.0434. The largest absolute Gasteiger partial charge is 0.508 e. The predicted molar refractivity (Wildman–Crippen MR) is 68.5 cm³/mol. The molecule has 0 fully saturated rings. The third-order valence-electron chi connectivity index (χ3n) is 2.60. The van der Waals surface area contributed by atoms with E-state index >= 15 is 0 Å². The first kappa shape index (κ1) is 13.5. The van der Waals surface area contributed by atoms with Gasteiger partial charge in [-0.15, -0.1) is 5.10 Å². The Balaban J connectivity index is 2.16. The van der Waals surface area contributed by atoms with Crippen LogP contribution in [0.2, 0.25) is 0 Å². The van der Waals surface area contributed by atoms with Crippen LogP contribution in [0.4, 0.5) is 5.69 Å². The van der Waals surface area contributed by atoms with Gasteiger partial charge in [0.15, 0.2) is 5.69 Å². The predicted octanol–water partition coefficient (Wildman–Crippen LogP) is 0.345. The molecule has 104 valence electrons. The molecule has 2 aromatic rings. The number of hydrogen-bond acceptors (Lipinski definition) is 5. The molecule has 0 unspecified atom stereocenters. The molecule has 8 heteroatoms. The molecule has 2 rings (SSSR count). The molecule has 1 aromatic carbocycles. The maximum absolute atomic E-state index is 12.1. The standard InChI is InChI=1S/C12H12N4O4/c1-15(8-2-4-9(17)5-3-8)12(20)10-6-16(14-13-10)7-11(18)19/h2-6,17H,7H2,1H3,(H,18,19). The Bertz CT molecular complexity index is 635. The van der Waals surface area contributed by atoms with Crippen molar-refractivity contribution in [2.45, 2.75) is 6.54 Å². The van der Waals surface area contributed by atoms with Gasteiger partial charge in [0.1, 0.15) is 12.3 Å². The van der Waals surface area contributed by atoms with Gasteiger partial charge in [-0.05, 0) is 24.3 Å². The van der Waals surface area contributed by atoms with Crippen molar-refractivity contribution in [3.63, 3.8) is 0 Å². The summed E-state index contributed by atoms with van der Waals surface area (Å²) in [6.07, 6.45) is 1.27. The summed E-state index contributed by atoms with van der Waals surface area (Å²) in [5, 5.41) is 25.0. The number of rotatable bonds is 4. The number of aromatic hydroxyl groups is 1. The number of aromatic nitrogens is 3. The summed E-state index contributed by atoms with van der Waals surface area (Å²) in [5.41, 5.74) is 0.613. The molecule has 1 amide bonds. The maximum atomic E-state index is 12.1. The van der Waals surface area contributed by atoms with E-state index in [1.54, 1.807) is 19.2 Å². The zero-order chi connectivity index (χ0) is 14.7. The van der Waals surface area contributed by atoms with Crippen LogP contribution in [-0.4, -0.2) is 44.1 Å². The number of phenolic OH excluding ortho intramolecular Hbond substituents is 1. The fraction of sp³-hybridized carbons (Fsp3) is 0.167. The van der Waals surface area contributed by atoms with Gasteiger partial charge in [-0.25, -0.2) is 4.68 Å². The summed E-state index contributed by atoms with van der Waals surface area (Å²) in [7, 11) is 1.55. The summed E-state index contributed by atoms with van der Waals surface area (Å²) >= 11 is 0. The monoisotopic (exact) mass is 276 g/mol. The number of carboxylic acid groups (broad SMARTS) is 1. The third kappa shape index (κ3) is 2.91. The number of carboxylic acids is 1. The lowest BCUT2D eigenvalue weighted by Crippen LogP contribution is -2.26. The summed E-state index contributed by atoms with van der Waals surface area (Å²) in [5.74, 6) is -1.39. The zero-order valence-electron chi connectivity index (χ0n) is 10.6. The van der Waals surface area contributed by atoms with E-state index in [0.717, 1.165) is 4.68 Å². The lowest BCUT2D eigenvalue weighted by molar-refractivity contribution is -0.137. The maximum Gasteiger partial charge on any atom is 0.325 e. The van der Waals surface area contributed by atoms with Crippen molar-refractivity contribution < 1.29 is 19.8 Å². The Morgan fingerprint density at radius 2 is 1.95 bits per heavy atom. The van der Waals surface area contributed by atoms with Crippen molar-refractivity contribution in [2.24, 2.45) is 0 Å². The van der Waals surface area contributed by atoms with Gasteiger partial charge in [0, 0.05) is 12.7 Å². The van der Waals surface area contributed by atoms with Crippen LogP contribution in [0.15, 0.2) is 30.5 Å². The quantitative estimate of drug-likeness (QED) is 0.833. The molecule has 0 bridgehead atoms. The molecule has 0 aliphatic rings. The van der Waals surface area contributed by atoms with Crippen molar-refractivity contribution in [1.82, 2.24) is 15.0 Å². The second-order valence-electron chi connectivity index (χ2n) is 4.08. The Kier molecular flexibility index (Phi) is 3.65. The lowest BCUT2D eigenvalue weighted by Gasteiger charge is -2.15. The molecular weight excluding hydrogens is 264 g/mol. The fourth-order valence-corrected chi connectivity index (χ4v) is 1.58. The van der Waals surface area contributed by atoms with Crippen LogP contribution in [0, 0.1) is 0 Å². The number of benzene rings is 1. The molecular formula is C12H12N4O4. The van der Waals surface area contributed by atoms with Gasteiger partial charge in [0.25, 0.3) is 5.91 Å². The fourth-order valence-electron chi connectivity index (χ4n) is 1.58. The highest BCUT2D eigenvalue weighted by Gasteiger charge is 2.17. The highest BCUT2D eigenvalue weighted by atomic mass is 16.4. The van der Waals surface area contributed by atoms with Gasteiger partial charge in [0.2, 0.25) is 0 Å². The minimum atomic E-state index is -1.07. The molecule has 1 heterocycles. The second-order valence-corrected chi connectivity index (χ2v) is 4.08. The third-order valence-corrected chi connectivity index (χ3v) is 2.60. The van der Waals surface area contributed by atoms with Crippen LogP contribution in [-0.2, 0) is 11.3 Å². The van der Waals surface area contributed by atoms with Crippen molar-refractivity contribution in [1.29, 1.82) is 0 Å². The van der Waals surface area contributed by atoms with Crippen LogP contribution in [0.25, 0.3) is 0 Å². The lowest BCUT2D eigenvalue weighted by atomic mass is 10.2. The van der Waals surface area contributed by atoms with E-state index in [1.807, 2.05) is 0 Å². The molecule has 0 atom stereocenters. The zero-order valence-corrected chi connectivity index (χ0v) is 10.6. The van der Waals surface area contributed by atoms with Crippen LogP contribution >= 0.6 is 0 Å². The topological polar surface area (TPSA) is 109 Å². The number of carbonyl (C=O) groups is 2. The van der Waals surface area contributed by atoms with E-state index in [1.165, 1.54) is 23.2 Å². The molecule has 0 spiro atoms. The van der Waals surface area contributed by atoms with E-state index < -0.39 is 11.9 Å². The first-order valence-electron chi connectivity index (χ1n) is 5.66. The molecule has 0 aliphatic carbocycles. The molecule has 0 saturated heterocycles. The van der Waals surface area contributed by atoms with E-state index in [9.17, 15) is 14.7 Å². The summed E-state index contributed by atoms with van der Waals surface area (Å²) in [6.45, 7) is -0.358. The van der Waals surface area contributed by atoms with Gasteiger partial charge >= 0.3 is 5.97 Å². The molecule has 2 N–H and O–H groups in total. The van der Waals surface area contributed by atoms with Crippen molar-refractivity contribution in [2.75, 3.05) is 11.9 Å². The average Bonchev–Trinajstić information content (AvgIpc) is 2.85. The average molecular weight is 276 g/mol. The van der Waals surface area contributed by atoms with E-state index in [-0.39, 0.29) is 18.0 Å². The normalized spacial score (nSPS) is 10.2.